The topological polar surface area (TPSA) is 40.5 Å². The maximum atomic E-state index is 9.72. The van der Waals surface area contributed by atoms with Crippen LogP contribution in [0.3, 0.4) is 0 Å². The van der Waals surface area contributed by atoms with E-state index in [9.17, 15) is 10.2 Å². The van der Waals surface area contributed by atoms with Crippen LogP contribution in [0.4, 0.5) is 0 Å². The highest BCUT2D eigenvalue weighted by Gasteiger charge is 2.23. The largest absolute Gasteiger partial charge is 0.508 e. The zero-order chi connectivity index (χ0) is 10.3. The second-order valence-electron chi connectivity index (χ2n) is 3.89. The van der Waals surface area contributed by atoms with Gasteiger partial charge in [-0.1, -0.05) is 26.0 Å². The molecule has 14 heavy (non-hydrogen) atoms. The third-order valence-electron chi connectivity index (χ3n) is 2.84. The van der Waals surface area contributed by atoms with Gasteiger partial charge in [0.25, 0.3) is 0 Å². The monoisotopic (exact) mass is 190 g/mol. The molecule has 0 aromatic heterocycles. The van der Waals surface area contributed by atoms with Gasteiger partial charge in [-0.15, -0.1) is 0 Å². The molecular weight excluding hydrogens is 176 g/mol. The van der Waals surface area contributed by atoms with E-state index < -0.39 is 0 Å². The molecule has 0 bridgehead atoms. The van der Waals surface area contributed by atoms with Gasteiger partial charge in [0.15, 0.2) is 0 Å². The predicted molar refractivity (Wildman–Crippen MR) is 55.7 cm³/mol. The first-order valence-corrected chi connectivity index (χ1v) is 4.84. The summed E-state index contributed by atoms with van der Waals surface area (Å²) in [5.41, 5.74) is 1.72. The van der Waals surface area contributed by atoms with E-state index in [1.165, 1.54) is 0 Å². The minimum absolute atomic E-state index is 0.174. The minimum Gasteiger partial charge on any atom is -0.508 e. The lowest BCUT2D eigenvalue weighted by Gasteiger charge is -2.24. The third-order valence-corrected chi connectivity index (χ3v) is 2.84. The maximum Gasteiger partial charge on any atom is 0.119 e. The van der Waals surface area contributed by atoms with E-state index in [4.69, 9.17) is 0 Å². The van der Waals surface area contributed by atoms with Crippen molar-refractivity contribution in [2.45, 2.75) is 25.7 Å². The van der Waals surface area contributed by atoms with Crippen molar-refractivity contribution in [1.29, 1.82) is 0 Å². The molecule has 0 unspecified atom stereocenters. The fourth-order valence-electron chi connectivity index (χ4n) is 2.10. The molecule has 0 spiro atoms. The summed E-state index contributed by atoms with van der Waals surface area (Å²) in [6.45, 7) is 4.03. The van der Waals surface area contributed by atoms with Crippen molar-refractivity contribution in [3.05, 3.63) is 35.4 Å². The van der Waals surface area contributed by atoms with Crippen LogP contribution in [-0.4, -0.2) is 10.2 Å². The first-order valence-electron chi connectivity index (χ1n) is 4.84. The number of fused-ring (bicyclic) bond motifs is 1. The first-order chi connectivity index (χ1) is 6.61. The molecule has 0 aliphatic heterocycles. The predicted octanol–water partition coefficient (Wildman–Crippen LogP) is 2.87. The molecule has 74 valence electrons. The summed E-state index contributed by atoms with van der Waals surface area (Å²) < 4.78 is 0. The van der Waals surface area contributed by atoms with Crippen molar-refractivity contribution in [3.63, 3.8) is 0 Å². The van der Waals surface area contributed by atoms with Gasteiger partial charge in [-0.05, 0) is 12.1 Å². The molecule has 1 aromatic rings. The van der Waals surface area contributed by atoms with Crippen LogP contribution >= 0.6 is 0 Å². The summed E-state index contributed by atoms with van der Waals surface area (Å²) in [7, 11) is 0. The Balaban J connectivity index is 2.69. The fraction of sp³-hybridized carbons (Fsp3) is 0.333. The summed E-state index contributed by atoms with van der Waals surface area (Å²) in [6, 6.07) is 3.10. The minimum atomic E-state index is 0.174. The number of aromatic hydroxyl groups is 2. The van der Waals surface area contributed by atoms with Crippen LogP contribution in [0.25, 0.3) is 0 Å². The molecule has 2 nitrogen and oxygen atoms in total. The molecule has 0 radical (unpaired) electrons. The average molecular weight is 190 g/mol. The van der Waals surface area contributed by atoms with E-state index in [0.29, 0.717) is 0 Å². The Morgan fingerprint density at radius 3 is 1.57 bits per heavy atom. The van der Waals surface area contributed by atoms with Crippen molar-refractivity contribution in [2.75, 3.05) is 0 Å². The number of hydrogen-bond acceptors (Lipinski definition) is 2. The molecule has 0 saturated heterocycles. The second-order valence-corrected chi connectivity index (χ2v) is 3.89. The van der Waals surface area contributed by atoms with Crippen molar-refractivity contribution in [1.82, 2.24) is 0 Å². The number of hydrogen-bond donors (Lipinski definition) is 2. The van der Waals surface area contributed by atoms with Crippen LogP contribution in [0.5, 0.6) is 11.5 Å². The lowest BCUT2D eigenvalue weighted by molar-refractivity contribution is 0.443. The lowest BCUT2D eigenvalue weighted by Crippen LogP contribution is -2.05. The number of phenols is 2. The molecule has 2 rings (SSSR count). The number of allylic oxidation sites excluding steroid dienone is 2. The standard InChI is InChI=1S/C12H14O2/c1-7-3-4-8(2)12-10(14)6-5-9(13)11(7)12/h3-8,13-14H,1-2H3/t7-,8+. The van der Waals surface area contributed by atoms with Gasteiger partial charge in [0.1, 0.15) is 11.5 Å². The highest BCUT2D eigenvalue weighted by atomic mass is 16.3. The Bertz CT molecular complexity index is 357. The molecule has 1 aliphatic rings. The van der Waals surface area contributed by atoms with E-state index in [0.717, 1.165) is 11.1 Å². The summed E-state index contributed by atoms with van der Waals surface area (Å²) in [5, 5.41) is 19.4. The van der Waals surface area contributed by atoms with Gasteiger partial charge in [0, 0.05) is 23.0 Å². The van der Waals surface area contributed by atoms with Crippen LogP contribution in [0.15, 0.2) is 24.3 Å². The smallest absolute Gasteiger partial charge is 0.119 e. The average Bonchev–Trinajstić information content (AvgIpc) is 2.16. The first kappa shape index (κ1) is 9.13. The van der Waals surface area contributed by atoms with Crippen molar-refractivity contribution in [2.24, 2.45) is 0 Å². The molecule has 0 saturated carbocycles. The number of rotatable bonds is 0. The Morgan fingerprint density at radius 2 is 1.21 bits per heavy atom. The van der Waals surface area contributed by atoms with Crippen LogP contribution in [0.2, 0.25) is 0 Å². The second kappa shape index (κ2) is 3.05. The zero-order valence-corrected chi connectivity index (χ0v) is 8.36. The fourth-order valence-corrected chi connectivity index (χ4v) is 2.10. The molecule has 0 heterocycles. The van der Waals surface area contributed by atoms with Crippen LogP contribution in [-0.2, 0) is 0 Å². The van der Waals surface area contributed by atoms with Gasteiger partial charge in [0.05, 0.1) is 0 Å². The van der Waals surface area contributed by atoms with Gasteiger partial charge in [0.2, 0.25) is 0 Å². The summed E-state index contributed by atoms with van der Waals surface area (Å²) in [4.78, 5) is 0. The Hall–Kier alpha value is -1.44. The molecular formula is C12H14O2. The van der Waals surface area contributed by atoms with Gasteiger partial charge in [-0.25, -0.2) is 0 Å². The molecule has 2 N–H and O–H groups in total. The van der Waals surface area contributed by atoms with Crippen molar-refractivity contribution in [3.8, 4) is 11.5 Å². The zero-order valence-electron chi connectivity index (χ0n) is 8.36. The summed E-state index contributed by atoms with van der Waals surface area (Å²) in [6.07, 6.45) is 4.12. The van der Waals surface area contributed by atoms with E-state index in [2.05, 4.69) is 12.2 Å². The maximum absolute atomic E-state index is 9.72. The number of benzene rings is 1. The van der Waals surface area contributed by atoms with Crippen LogP contribution in [0.1, 0.15) is 36.8 Å². The molecule has 2 heteroatoms. The van der Waals surface area contributed by atoms with E-state index >= 15 is 0 Å². The molecule has 1 aliphatic carbocycles. The van der Waals surface area contributed by atoms with Gasteiger partial charge >= 0.3 is 0 Å². The summed E-state index contributed by atoms with van der Waals surface area (Å²) >= 11 is 0. The van der Waals surface area contributed by atoms with E-state index in [1.54, 1.807) is 12.1 Å². The summed E-state index contributed by atoms with van der Waals surface area (Å²) in [5.74, 6) is 0.907. The Morgan fingerprint density at radius 1 is 0.857 bits per heavy atom. The van der Waals surface area contributed by atoms with Crippen molar-refractivity contribution < 1.29 is 10.2 Å². The molecule has 2 atom stereocenters. The van der Waals surface area contributed by atoms with Crippen LogP contribution < -0.4 is 0 Å². The van der Waals surface area contributed by atoms with Gasteiger partial charge < -0.3 is 10.2 Å². The quantitative estimate of drug-likeness (QED) is 0.488. The van der Waals surface area contributed by atoms with Crippen molar-refractivity contribution >= 4 is 0 Å². The van der Waals surface area contributed by atoms with Gasteiger partial charge in [-0.2, -0.15) is 0 Å². The normalized spacial score (nSPS) is 24.7. The highest BCUT2D eigenvalue weighted by Crippen LogP contribution is 2.43. The Labute approximate surface area is 83.5 Å². The van der Waals surface area contributed by atoms with E-state index in [-0.39, 0.29) is 23.3 Å². The van der Waals surface area contributed by atoms with E-state index in [1.807, 2.05) is 13.8 Å². The highest BCUT2D eigenvalue weighted by molar-refractivity contribution is 5.54. The Kier molecular flexibility index (Phi) is 1.99. The third kappa shape index (κ3) is 1.18. The van der Waals surface area contributed by atoms with Crippen LogP contribution in [0, 0.1) is 0 Å². The van der Waals surface area contributed by atoms with Gasteiger partial charge in [-0.3, -0.25) is 0 Å². The lowest BCUT2D eigenvalue weighted by atomic mass is 9.82. The molecule has 0 fully saturated rings. The molecule has 1 aromatic carbocycles. The number of phenolic OH excluding ortho intramolecular Hbond substituents is 2. The molecule has 0 amide bonds. The SMILES string of the molecule is C[C@@H]1C=C[C@H](C)c2c(O)ccc(O)c21.